The van der Waals surface area contributed by atoms with E-state index < -0.39 is 0 Å². The average molecular weight is 257 g/mol. The highest BCUT2D eigenvalue weighted by atomic mass is 16.5. The SMILES string of the molecule is CC(CCN)c1ncc(-c2ccc3c(c2)CCO3)[nH]1. The Hall–Kier alpha value is -1.81. The van der Waals surface area contributed by atoms with Gasteiger partial charge in [0.15, 0.2) is 0 Å². The first-order valence-corrected chi connectivity index (χ1v) is 6.79. The van der Waals surface area contributed by atoms with Gasteiger partial charge in [-0.25, -0.2) is 4.98 Å². The van der Waals surface area contributed by atoms with Gasteiger partial charge in [0, 0.05) is 17.9 Å². The Bertz CT molecular complexity index is 577. The van der Waals surface area contributed by atoms with Crippen molar-refractivity contribution >= 4 is 0 Å². The molecule has 1 atom stereocenters. The maximum absolute atomic E-state index is 5.59. The van der Waals surface area contributed by atoms with E-state index in [0.29, 0.717) is 12.5 Å². The maximum atomic E-state index is 5.59. The summed E-state index contributed by atoms with van der Waals surface area (Å²) in [6, 6.07) is 6.31. The summed E-state index contributed by atoms with van der Waals surface area (Å²) < 4.78 is 5.52. The van der Waals surface area contributed by atoms with E-state index in [1.807, 2.05) is 12.3 Å². The van der Waals surface area contributed by atoms with Gasteiger partial charge in [0.2, 0.25) is 0 Å². The van der Waals surface area contributed by atoms with Crippen LogP contribution in [0.15, 0.2) is 24.4 Å². The normalized spacial score (nSPS) is 15.1. The van der Waals surface area contributed by atoms with Crippen molar-refractivity contribution in [3.63, 3.8) is 0 Å². The molecule has 1 aromatic heterocycles. The quantitative estimate of drug-likeness (QED) is 0.884. The van der Waals surface area contributed by atoms with Crippen molar-refractivity contribution in [1.29, 1.82) is 0 Å². The van der Waals surface area contributed by atoms with Crippen LogP contribution in [0.2, 0.25) is 0 Å². The highest BCUT2D eigenvalue weighted by Crippen LogP contribution is 2.30. The summed E-state index contributed by atoms with van der Waals surface area (Å²) >= 11 is 0. The van der Waals surface area contributed by atoms with Crippen LogP contribution in [0.1, 0.15) is 30.7 Å². The molecule has 19 heavy (non-hydrogen) atoms. The van der Waals surface area contributed by atoms with Crippen LogP contribution < -0.4 is 10.5 Å². The van der Waals surface area contributed by atoms with Gasteiger partial charge in [-0.05, 0) is 36.7 Å². The Kier molecular flexibility index (Phi) is 3.25. The molecule has 100 valence electrons. The van der Waals surface area contributed by atoms with Gasteiger partial charge < -0.3 is 15.5 Å². The van der Waals surface area contributed by atoms with Crippen molar-refractivity contribution in [2.75, 3.05) is 13.2 Å². The number of H-pyrrole nitrogens is 1. The van der Waals surface area contributed by atoms with Crippen molar-refractivity contribution in [3.05, 3.63) is 35.8 Å². The molecule has 0 saturated carbocycles. The minimum atomic E-state index is 0.372. The molecule has 1 unspecified atom stereocenters. The van der Waals surface area contributed by atoms with E-state index in [1.54, 1.807) is 0 Å². The first-order chi connectivity index (χ1) is 9.28. The molecule has 2 heterocycles. The Labute approximate surface area is 113 Å². The third-order valence-electron chi connectivity index (χ3n) is 3.66. The fourth-order valence-electron chi connectivity index (χ4n) is 2.47. The van der Waals surface area contributed by atoms with E-state index in [0.717, 1.165) is 36.7 Å². The van der Waals surface area contributed by atoms with Crippen LogP contribution in [0.5, 0.6) is 5.75 Å². The molecule has 4 heteroatoms. The molecular formula is C15H19N3O. The van der Waals surface area contributed by atoms with Crippen molar-refractivity contribution < 1.29 is 4.74 Å². The number of ether oxygens (including phenoxy) is 1. The minimum Gasteiger partial charge on any atom is -0.493 e. The Morgan fingerprint density at radius 1 is 1.47 bits per heavy atom. The molecule has 0 spiro atoms. The van der Waals surface area contributed by atoms with Gasteiger partial charge in [-0.3, -0.25) is 0 Å². The van der Waals surface area contributed by atoms with Crippen LogP contribution in [0, 0.1) is 0 Å². The van der Waals surface area contributed by atoms with Crippen LogP contribution in [-0.2, 0) is 6.42 Å². The fourth-order valence-corrected chi connectivity index (χ4v) is 2.47. The second kappa shape index (κ2) is 5.05. The zero-order valence-corrected chi connectivity index (χ0v) is 11.1. The van der Waals surface area contributed by atoms with E-state index in [-0.39, 0.29) is 0 Å². The summed E-state index contributed by atoms with van der Waals surface area (Å²) in [6.07, 6.45) is 3.85. The highest BCUT2D eigenvalue weighted by Gasteiger charge is 2.14. The van der Waals surface area contributed by atoms with Gasteiger partial charge >= 0.3 is 0 Å². The topological polar surface area (TPSA) is 63.9 Å². The van der Waals surface area contributed by atoms with Crippen LogP contribution in [-0.4, -0.2) is 23.1 Å². The molecule has 3 rings (SSSR count). The number of hydrogen-bond acceptors (Lipinski definition) is 3. The van der Waals surface area contributed by atoms with Crippen LogP contribution in [0.3, 0.4) is 0 Å². The molecular weight excluding hydrogens is 238 g/mol. The van der Waals surface area contributed by atoms with E-state index in [9.17, 15) is 0 Å². The van der Waals surface area contributed by atoms with Gasteiger partial charge in [0.05, 0.1) is 18.5 Å². The summed E-state index contributed by atoms with van der Waals surface area (Å²) in [5.41, 5.74) is 9.10. The molecule has 1 aliphatic rings. The largest absolute Gasteiger partial charge is 0.493 e. The number of aromatic nitrogens is 2. The molecule has 3 N–H and O–H groups in total. The summed E-state index contributed by atoms with van der Waals surface area (Å²) in [5.74, 6) is 2.40. The van der Waals surface area contributed by atoms with Crippen molar-refractivity contribution in [2.45, 2.75) is 25.7 Å². The molecule has 0 aliphatic carbocycles. The van der Waals surface area contributed by atoms with E-state index in [1.165, 1.54) is 11.1 Å². The average Bonchev–Trinajstić information content (AvgIpc) is 3.07. The molecule has 1 aromatic carbocycles. The third kappa shape index (κ3) is 2.36. The predicted octanol–water partition coefficient (Wildman–Crippen LogP) is 2.46. The Morgan fingerprint density at radius 3 is 3.21 bits per heavy atom. The van der Waals surface area contributed by atoms with Crippen molar-refractivity contribution in [1.82, 2.24) is 9.97 Å². The van der Waals surface area contributed by atoms with Gasteiger partial charge in [-0.2, -0.15) is 0 Å². The standard InChI is InChI=1S/C15H19N3O/c1-10(4-6-16)15-17-9-13(18-15)11-2-3-14-12(8-11)5-7-19-14/h2-3,8-10H,4-7,16H2,1H3,(H,17,18). The molecule has 0 bridgehead atoms. The molecule has 0 fully saturated rings. The van der Waals surface area contributed by atoms with Crippen LogP contribution in [0.25, 0.3) is 11.3 Å². The monoisotopic (exact) mass is 257 g/mol. The van der Waals surface area contributed by atoms with Gasteiger partial charge in [0.25, 0.3) is 0 Å². The first-order valence-electron chi connectivity index (χ1n) is 6.79. The van der Waals surface area contributed by atoms with Gasteiger partial charge in [-0.15, -0.1) is 0 Å². The van der Waals surface area contributed by atoms with Crippen molar-refractivity contribution in [3.8, 4) is 17.0 Å². The van der Waals surface area contributed by atoms with Crippen LogP contribution >= 0.6 is 0 Å². The number of imidazole rings is 1. The summed E-state index contributed by atoms with van der Waals surface area (Å²) in [4.78, 5) is 7.86. The van der Waals surface area contributed by atoms with E-state index in [2.05, 4.69) is 29.0 Å². The number of hydrogen-bond donors (Lipinski definition) is 2. The number of nitrogens with two attached hydrogens (primary N) is 1. The maximum Gasteiger partial charge on any atom is 0.122 e. The fraction of sp³-hybridized carbons (Fsp3) is 0.400. The lowest BCUT2D eigenvalue weighted by Gasteiger charge is -2.06. The Morgan fingerprint density at radius 2 is 2.37 bits per heavy atom. The molecule has 1 aliphatic heterocycles. The lowest BCUT2D eigenvalue weighted by molar-refractivity contribution is 0.357. The van der Waals surface area contributed by atoms with Crippen LogP contribution in [0.4, 0.5) is 0 Å². The van der Waals surface area contributed by atoms with Gasteiger partial charge in [-0.1, -0.05) is 6.92 Å². The smallest absolute Gasteiger partial charge is 0.122 e. The zero-order valence-electron chi connectivity index (χ0n) is 11.1. The van der Waals surface area contributed by atoms with E-state index >= 15 is 0 Å². The zero-order chi connectivity index (χ0) is 13.2. The molecule has 4 nitrogen and oxygen atoms in total. The lowest BCUT2D eigenvalue weighted by atomic mass is 10.1. The number of fused-ring (bicyclic) bond motifs is 1. The highest BCUT2D eigenvalue weighted by molar-refractivity contribution is 5.62. The summed E-state index contributed by atoms with van der Waals surface area (Å²) in [7, 11) is 0. The third-order valence-corrected chi connectivity index (χ3v) is 3.66. The minimum absolute atomic E-state index is 0.372. The lowest BCUT2D eigenvalue weighted by Crippen LogP contribution is -2.05. The first kappa shape index (κ1) is 12.2. The summed E-state index contributed by atoms with van der Waals surface area (Å²) in [5, 5.41) is 0. The number of aromatic amines is 1. The molecule has 0 amide bonds. The molecule has 2 aromatic rings. The molecule has 0 saturated heterocycles. The van der Waals surface area contributed by atoms with Gasteiger partial charge in [0.1, 0.15) is 11.6 Å². The van der Waals surface area contributed by atoms with E-state index in [4.69, 9.17) is 10.5 Å². The molecule has 0 radical (unpaired) electrons. The summed E-state index contributed by atoms with van der Waals surface area (Å²) in [6.45, 7) is 3.62. The second-order valence-corrected chi connectivity index (χ2v) is 5.08. The number of rotatable bonds is 4. The number of nitrogens with one attached hydrogen (secondary N) is 1. The number of benzene rings is 1. The Balaban J connectivity index is 1.86. The number of nitrogens with zero attached hydrogens (tertiary/aromatic N) is 1. The predicted molar refractivity (Wildman–Crippen MR) is 75.3 cm³/mol. The second-order valence-electron chi connectivity index (χ2n) is 5.08. The van der Waals surface area contributed by atoms with Crippen molar-refractivity contribution in [2.24, 2.45) is 5.73 Å².